The number of hydrogen-bond acceptors (Lipinski definition) is 3. The molecule has 0 saturated heterocycles. The Morgan fingerprint density at radius 3 is 2.50 bits per heavy atom. The number of hydrogen-bond donors (Lipinski definition) is 3. The van der Waals surface area contributed by atoms with Crippen molar-refractivity contribution in [3.63, 3.8) is 0 Å². The first-order valence-electron chi connectivity index (χ1n) is 5.20. The molecule has 0 aliphatic heterocycles. The summed E-state index contributed by atoms with van der Waals surface area (Å²) in [7, 11) is 0. The lowest BCUT2D eigenvalue weighted by Gasteiger charge is -2.17. The first kappa shape index (κ1) is 14.6. The van der Waals surface area contributed by atoms with Gasteiger partial charge < -0.3 is 16.6 Å². The van der Waals surface area contributed by atoms with Crippen LogP contribution in [0.3, 0.4) is 0 Å². The number of aliphatic carboxylic acids is 1. The zero-order valence-corrected chi connectivity index (χ0v) is 10.2. The molecule has 0 unspecified atom stereocenters. The molecule has 16 heavy (non-hydrogen) atoms. The molecule has 0 bridgehead atoms. The Labute approximate surface area is 96.2 Å². The van der Waals surface area contributed by atoms with E-state index < -0.39 is 11.5 Å². The van der Waals surface area contributed by atoms with E-state index in [1.165, 1.54) is 6.92 Å². The maximum atomic E-state index is 10.7. The summed E-state index contributed by atoms with van der Waals surface area (Å²) >= 11 is 0. The molecule has 0 aliphatic carbocycles. The Morgan fingerprint density at radius 1 is 1.50 bits per heavy atom. The molecular formula is C11H21N3O2. The van der Waals surface area contributed by atoms with Crippen molar-refractivity contribution in [1.29, 1.82) is 0 Å². The SMILES string of the molecule is CC(N)=NC/C(C)=C\CC[C@@](C)(N)C(=O)O. The minimum atomic E-state index is -1.16. The average molecular weight is 227 g/mol. The van der Waals surface area contributed by atoms with Gasteiger partial charge in [0.1, 0.15) is 5.54 Å². The molecule has 0 aromatic rings. The number of aliphatic imine (C=N–C) groups is 1. The van der Waals surface area contributed by atoms with Gasteiger partial charge in [-0.25, -0.2) is 0 Å². The van der Waals surface area contributed by atoms with Crippen molar-refractivity contribution in [2.45, 2.75) is 39.2 Å². The Balaban J connectivity index is 4.10. The largest absolute Gasteiger partial charge is 0.480 e. The van der Waals surface area contributed by atoms with E-state index in [1.54, 1.807) is 6.92 Å². The normalized spacial score (nSPS) is 17.0. The maximum Gasteiger partial charge on any atom is 0.323 e. The van der Waals surface area contributed by atoms with Gasteiger partial charge >= 0.3 is 5.97 Å². The topological polar surface area (TPSA) is 102 Å². The van der Waals surface area contributed by atoms with Crippen LogP contribution in [0.5, 0.6) is 0 Å². The number of nitrogens with two attached hydrogens (primary N) is 2. The molecule has 0 aromatic carbocycles. The number of carboxylic acids is 1. The number of carboxylic acid groups (broad SMARTS) is 1. The van der Waals surface area contributed by atoms with E-state index in [9.17, 15) is 4.79 Å². The molecule has 5 nitrogen and oxygen atoms in total. The van der Waals surface area contributed by atoms with Gasteiger partial charge in [-0.2, -0.15) is 0 Å². The van der Waals surface area contributed by atoms with Gasteiger partial charge in [0.25, 0.3) is 0 Å². The van der Waals surface area contributed by atoms with E-state index in [-0.39, 0.29) is 0 Å². The summed E-state index contributed by atoms with van der Waals surface area (Å²) < 4.78 is 0. The van der Waals surface area contributed by atoms with Crippen molar-refractivity contribution in [1.82, 2.24) is 0 Å². The molecule has 92 valence electrons. The van der Waals surface area contributed by atoms with Crippen molar-refractivity contribution < 1.29 is 9.90 Å². The molecule has 0 radical (unpaired) electrons. The molecule has 5 N–H and O–H groups in total. The van der Waals surface area contributed by atoms with E-state index >= 15 is 0 Å². The summed E-state index contributed by atoms with van der Waals surface area (Å²) in [5.41, 5.74) is 10.9. The number of allylic oxidation sites excluding steroid dienone is 1. The first-order valence-corrected chi connectivity index (χ1v) is 5.20. The van der Waals surface area contributed by atoms with Crippen molar-refractivity contribution in [3.8, 4) is 0 Å². The lowest BCUT2D eigenvalue weighted by molar-refractivity contribution is -0.142. The van der Waals surface area contributed by atoms with E-state index in [2.05, 4.69) is 4.99 Å². The standard InChI is InChI=1S/C11H21N3O2/c1-8(7-14-9(2)12)5-4-6-11(3,13)10(15)16/h5H,4,6-7,13H2,1-3H3,(H2,12,14)(H,15,16)/b8-5-/t11-/m1/s1. The van der Waals surface area contributed by atoms with Crippen molar-refractivity contribution in [2.24, 2.45) is 16.5 Å². The van der Waals surface area contributed by atoms with Crippen LogP contribution >= 0.6 is 0 Å². The van der Waals surface area contributed by atoms with Crippen LogP contribution in [0.1, 0.15) is 33.6 Å². The van der Waals surface area contributed by atoms with E-state index in [1.807, 2.05) is 13.0 Å². The molecule has 0 rings (SSSR count). The summed E-state index contributed by atoms with van der Waals surface area (Å²) in [5.74, 6) is -0.434. The summed E-state index contributed by atoms with van der Waals surface area (Å²) in [6, 6.07) is 0. The second kappa shape index (κ2) is 6.27. The Bertz CT molecular complexity index is 302. The fraction of sp³-hybridized carbons (Fsp3) is 0.636. The van der Waals surface area contributed by atoms with Crippen LogP contribution in [0.25, 0.3) is 0 Å². The van der Waals surface area contributed by atoms with Crippen LogP contribution in [0.15, 0.2) is 16.6 Å². The molecular weight excluding hydrogens is 206 g/mol. The lowest BCUT2D eigenvalue weighted by atomic mass is 9.97. The van der Waals surface area contributed by atoms with E-state index in [0.29, 0.717) is 25.2 Å². The van der Waals surface area contributed by atoms with Crippen LogP contribution in [0.4, 0.5) is 0 Å². The smallest absolute Gasteiger partial charge is 0.323 e. The lowest BCUT2D eigenvalue weighted by Crippen LogP contribution is -2.44. The number of amidine groups is 1. The number of nitrogens with zero attached hydrogens (tertiary/aromatic N) is 1. The van der Waals surface area contributed by atoms with Gasteiger partial charge in [-0.1, -0.05) is 11.6 Å². The minimum Gasteiger partial charge on any atom is -0.480 e. The molecule has 0 amide bonds. The van der Waals surface area contributed by atoms with Crippen LogP contribution in [-0.4, -0.2) is 29.0 Å². The quantitative estimate of drug-likeness (QED) is 0.356. The van der Waals surface area contributed by atoms with Gasteiger partial charge in [0.05, 0.1) is 12.4 Å². The Hall–Kier alpha value is -1.36. The van der Waals surface area contributed by atoms with Crippen molar-refractivity contribution >= 4 is 11.8 Å². The van der Waals surface area contributed by atoms with Crippen molar-refractivity contribution in [2.75, 3.05) is 6.54 Å². The van der Waals surface area contributed by atoms with Crippen LogP contribution in [0.2, 0.25) is 0 Å². The summed E-state index contributed by atoms with van der Waals surface area (Å²) in [5, 5.41) is 8.80. The molecule has 1 atom stereocenters. The highest BCUT2D eigenvalue weighted by molar-refractivity contribution is 5.78. The summed E-state index contributed by atoms with van der Waals surface area (Å²) in [4.78, 5) is 14.8. The Morgan fingerprint density at radius 2 is 2.06 bits per heavy atom. The molecule has 0 aromatic heterocycles. The van der Waals surface area contributed by atoms with E-state index in [0.717, 1.165) is 5.57 Å². The molecule has 5 heteroatoms. The highest BCUT2D eigenvalue weighted by atomic mass is 16.4. The average Bonchev–Trinajstić information content (AvgIpc) is 2.14. The zero-order chi connectivity index (χ0) is 12.8. The number of carbonyl (C=O) groups is 1. The van der Waals surface area contributed by atoms with Crippen LogP contribution in [0, 0.1) is 0 Å². The predicted octanol–water partition coefficient (Wildman–Crippen LogP) is 0.892. The van der Waals surface area contributed by atoms with Crippen molar-refractivity contribution in [3.05, 3.63) is 11.6 Å². The zero-order valence-electron chi connectivity index (χ0n) is 10.2. The molecule has 0 spiro atoms. The van der Waals surface area contributed by atoms with Gasteiger partial charge in [-0.15, -0.1) is 0 Å². The second-order valence-electron chi connectivity index (χ2n) is 4.27. The number of rotatable bonds is 6. The van der Waals surface area contributed by atoms with Gasteiger partial charge in [-0.05, 0) is 33.6 Å². The fourth-order valence-corrected chi connectivity index (χ4v) is 1.04. The third-order valence-electron chi connectivity index (χ3n) is 2.22. The predicted molar refractivity (Wildman–Crippen MR) is 65.4 cm³/mol. The molecule has 0 fully saturated rings. The molecule has 0 aliphatic rings. The maximum absolute atomic E-state index is 10.7. The van der Waals surface area contributed by atoms with Crippen LogP contribution < -0.4 is 11.5 Å². The summed E-state index contributed by atoms with van der Waals surface area (Å²) in [6.45, 7) is 5.73. The second-order valence-corrected chi connectivity index (χ2v) is 4.27. The van der Waals surface area contributed by atoms with Gasteiger partial charge in [0.2, 0.25) is 0 Å². The third kappa shape index (κ3) is 6.19. The highest BCUT2D eigenvalue weighted by Crippen LogP contribution is 2.10. The van der Waals surface area contributed by atoms with Gasteiger partial charge in [0.15, 0.2) is 0 Å². The highest BCUT2D eigenvalue weighted by Gasteiger charge is 2.26. The molecule has 0 heterocycles. The van der Waals surface area contributed by atoms with Gasteiger partial charge in [-0.3, -0.25) is 9.79 Å². The summed E-state index contributed by atoms with van der Waals surface area (Å²) in [6.07, 6.45) is 2.98. The Kier molecular flexibility index (Phi) is 5.74. The molecule has 0 saturated carbocycles. The first-order chi connectivity index (χ1) is 7.25. The third-order valence-corrected chi connectivity index (χ3v) is 2.22. The fourth-order valence-electron chi connectivity index (χ4n) is 1.04. The van der Waals surface area contributed by atoms with Crippen LogP contribution in [-0.2, 0) is 4.79 Å². The van der Waals surface area contributed by atoms with Gasteiger partial charge in [0, 0.05) is 0 Å². The van der Waals surface area contributed by atoms with E-state index in [4.69, 9.17) is 16.6 Å². The minimum absolute atomic E-state index is 0.408. The monoisotopic (exact) mass is 227 g/mol.